The number of para-hydroxylation sites is 1. The highest BCUT2D eigenvalue weighted by atomic mass is 32.2. The first-order valence-corrected chi connectivity index (χ1v) is 10.8. The van der Waals surface area contributed by atoms with Crippen molar-refractivity contribution in [1.82, 2.24) is 9.79 Å². The zero-order valence-corrected chi connectivity index (χ0v) is 18.0. The molecular weight excluding hydrogens is 437 g/mol. The molecule has 2 aromatic carbocycles. The molecule has 0 bridgehead atoms. The number of hydrogen-bond acceptors (Lipinski definition) is 6. The summed E-state index contributed by atoms with van der Waals surface area (Å²) in [6.07, 6.45) is -4.51. The normalized spacial score (nSPS) is 20.1. The Bertz CT molecular complexity index is 1030. The Morgan fingerprint density at radius 3 is 2.52 bits per heavy atom. The van der Waals surface area contributed by atoms with Crippen molar-refractivity contribution < 1.29 is 35.9 Å². The molecule has 11 heteroatoms. The fraction of sp³-hybridized carbons (Fsp3) is 0.400. The molecule has 1 aliphatic heterocycles. The van der Waals surface area contributed by atoms with Gasteiger partial charge in [-0.05, 0) is 17.7 Å². The second kappa shape index (κ2) is 9.03. The predicted octanol–water partition coefficient (Wildman–Crippen LogP) is 3.13. The Kier molecular flexibility index (Phi) is 6.79. The van der Waals surface area contributed by atoms with Crippen molar-refractivity contribution in [3.8, 4) is 11.5 Å². The van der Waals surface area contributed by atoms with Crippen LogP contribution in [-0.2, 0) is 27.6 Å². The number of ether oxygens (including phenoxy) is 2. The highest BCUT2D eigenvalue weighted by Gasteiger charge is 2.44. The van der Waals surface area contributed by atoms with Crippen LogP contribution in [0.3, 0.4) is 0 Å². The molecule has 1 aliphatic rings. The van der Waals surface area contributed by atoms with E-state index in [4.69, 9.17) is 14.3 Å². The molecule has 2 aromatic rings. The molecule has 0 aromatic heterocycles. The second-order valence-corrected chi connectivity index (χ2v) is 8.96. The van der Waals surface area contributed by atoms with Crippen molar-refractivity contribution in [2.45, 2.75) is 24.0 Å². The Morgan fingerprint density at radius 1 is 1.16 bits per heavy atom. The lowest BCUT2D eigenvalue weighted by atomic mass is 10.0. The van der Waals surface area contributed by atoms with E-state index >= 15 is 0 Å². The van der Waals surface area contributed by atoms with Gasteiger partial charge in [-0.3, -0.25) is 4.84 Å². The van der Waals surface area contributed by atoms with Crippen molar-refractivity contribution in [3.05, 3.63) is 59.2 Å². The van der Waals surface area contributed by atoms with Crippen LogP contribution in [0.5, 0.6) is 11.5 Å². The van der Waals surface area contributed by atoms with Crippen LogP contribution >= 0.6 is 0 Å². The van der Waals surface area contributed by atoms with Crippen molar-refractivity contribution in [2.75, 3.05) is 27.9 Å². The van der Waals surface area contributed by atoms with Gasteiger partial charge in [-0.15, -0.1) is 0 Å². The molecule has 31 heavy (non-hydrogen) atoms. The van der Waals surface area contributed by atoms with Crippen LogP contribution in [0.25, 0.3) is 0 Å². The SMILES string of the molecule is COc1cccc([C@H]2[C@@H](S(=O)(=O)NCc3cccc(C(F)(F)F)c3)CON2C)c1OC. The Morgan fingerprint density at radius 2 is 1.87 bits per heavy atom. The van der Waals surface area contributed by atoms with Crippen molar-refractivity contribution in [3.63, 3.8) is 0 Å². The number of hydrogen-bond donors (Lipinski definition) is 1. The minimum absolute atomic E-state index is 0.126. The van der Waals surface area contributed by atoms with Crippen molar-refractivity contribution >= 4 is 10.0 Å². The molecular formula is C20H23F3N2O5S. The molecule has 0 spiro atoms. The first-order chi connectivity index (χ1) is 14.6. The van der Waals surface area contributed by atoms with E-state index < -0.39 is 33.1 Å². The van der Waals surface area contributed by atoms with E-state index in [1.54, 1.807) is 25.2 Å². The Balaban J connectivity index is 1.86. The molecule has 0 unspecified atom stereocenters. The van der Waals surface area contributed by atoms with Crippen LogP contribution in [0.2, 0.25) is 0 Å². The molecule has 1 N–H and O–H groups in total. The van der Waals surface area contributed by atoms with Gasteiger partial charge in [0.1, 0.15) is 5.25 Å². The molecule has 1 fully saturated rings. The quantitative estimate of drug-likeness (QED) is 0.684. The molecule has 0 saturated carbocycles. The Hall–Kier alpha value is -2.34. The van der Waals surface area contributed by atoms with Gasteiger partial charge >= 0.3 is 6.18 Å². The third-order valence-corrected chi connectivity index (χ3v) is 6.81. The molecule has 2 atom stereocenters. The van der Waals surface area contributed by atoms with Gasteiger partial charge < -0.3 is 9.47 Å². The van der Waals surface area contributed by atoms with Gasteiger partial charge in [-0.25, -0.2) is 13.1 Å². The minimum Gasteiger partial charge on any atom is -0.493 e. The number of sulfonamides is 1. The monoisotopic (exact) mass is 460 g/mol. The molecule has 1 heterocycles. The summed E-state index contributed by atoms with van der Waals surface area (Å²) in [4.78, 5) is 5.48. The lowest BCUT2D eigenvalue weighted by Gasteiger charge is -2.25. The van der Waals surface area contributed by atoms with Crippen LogP contribution < -0.4 is 14.2 Å². The number of nitrogens with zero attached hydrogens (tertiary/aromatic N) is 1. The lowest BCUT2D eigenvalue weighted by Crippen LogP contribution is -2.39. The lowest BCUT2D eigenvalue weighted by molar-refractivity contribution is -0.137. The van der Waals surface area contributed by atoms with Crippen LogP contribution in [-0.4, -0.2) is 46.6 Å². The minimum atomic E-state index is -4.51. The van der Waals surface area contributed by atoms with Gasteiger partial charge in [0.2, 0.25) is 10.0 Å². The number of benzene rings is 2. The smallest absolute Gasteiger partial charge is 0.416 e. The van der Waals surface area contributed by atoms with Gasteiger partial charge in [-0.1, -0.05) is 30.3 Å². The molecule has 0 amide bonds. The molecule has 3 rings (SSSR count). The predicted molar refractivity (Wildman–Crippen MR) is 107 cm³/mol. The second-order valence-electron chi connectivity index (χ2n) is 6.97. The summed E-state index contributed by atoms with van der Waals surface area (Å²) >= 11 is 0. The molecule has 170 valence electrons. The van der Waals surface area contributed by atoms with Crippen molar-refractivity contribution in [2.24, 2.45) is 0 Å². The largest absolute Gasteiger partial charge is 0.493 e. The third kappa shape index (κ3) is 4.95. The summed E-state index contributed by atoms with van der Waals surface area (Å²) in [5.41, 5.74) is -0.0930. The van der Waals surface area contributed by atoms with Crippen LogP contribution in [0.4, 0.5) is 13.2 Å². The fourth-order valence-electron chi connectivity index (χ4n) is 3.55. The molecule has 0 radical (unpaired) electrons. The van der Waals surface area contributed by atoms with Gasteiger partial charge in [0.05, 0.1) is 32.4 Å². The number of nitrogens with one attached hydrogen (secondary N) is 1. The van der Waals surface area contributed by atoms with Gasteiger partial charge in [0, 0.05) is 19.2 Å². The van der Waals surface area contributed by atoms with E-state index in [0.29, 0.717) is 17.1 Å². The average molecular weight is 460 g/mol. The first-order valence-electron chi connectivity index (χ1n) is 9.29. The summed E-state index contributed by atoms with van der Waals surface area (Å²) in [5, 5.41) is 0.398. The van der Waals surface area contributed by atoms with E-state index in [9.17, 15) is 21.6 Å². The molecule has 7 nitrogen and oxygen atoms in total. The zero-order chi connectivity index (χ0) is 22.8. The molecule has 1 saturated heterocycles. The van der Waals surface area contributed by atoms with E-state index in [0.717, 1.165) is 12.1 Å². The number of methoxy groups -OCH3 is 2. The maximum atomic E-state index is 13.1. The maximum Gasteiger partial charge on any atom is 0.416 e. The summed E-state index contributed by atoms with van der Waals surface area (Å²) in [6, 6.07) is 8.91. The standard InChI is InChI=1S/C20H23F3N2O5S/c1-25-18(15-8-5-9-16(28-2)19(15)29-3)17(12-30-25)31(26,27)24-11-13-6-4-7-14(10-13)20(21,22)23/h4-10,17-18,24H,11-12H2,1-3H3/t17-,18-/m0/s1. The van der Waals surface area contributed by atoms with E-state index in [1.807, 2.05) is 0 Å². The summed E-state index contributed by atoms with van der Waals surface area (Å²) < 4.78 is 78.0. The fourth-order valence-corrected chi connectivity index (χ4v) is 5.02. The van der Waals surface area contributed by atoms with Crippen LogP contribution in [0, 0.1) is 0 Å². The van der Waals surface area contributed by atoms with Gasteiger partial charge in [-0.2, -0.15) is 18.2 Å². The van der Waals surface area contributed by atoms with E-state index in [1.165, 1.54) is 31.4 Å². The van der Waals surface area contributed by atoms with Gasteiger partial charge in [0.25, 0.3) is 0 Å². The zero-order valence-electron chi connectivity index (χ0n) is 17.1. The van der Waals surface area contributed by atoms with Crippen LogP contribution in [0.15, 0.2) is 42.5 Å². The van der Waals surface area contributed by atoms with Crippen molar-refractivity contribution in [1.29, 1.82) is 0 Å². The van der Waals surface area contributed by atoms with Gasteiger partial charge in [0.15, 0.2) is 11.5 Å². The first kappa shape index (κ1) is 23.3. The maximum absolute atomic E-state index is 13.1. The highest BCUT2D eigenvalue weighted by molar-refractivity contribution is 7.90. The average Bonchev–Trinajstić information content (AvgIpc) is 3.13. The third-order valence-electron chi connectivity index (χ3n) is 5.07. The highest BCUT2D eigenvalue weighted by Crippen LogP contribution is 2.42. The summed E-state index contributed by atoms with van der Waals surface area (Å²) in [6.45, 7) is -0.409. The topological polar surface area (TPSA) is 77.1 Å². The number of rotatable bonds is 7. The number of halogens is 3. The number of hydroxylamine groups is 2. The van der Waals surface area contributed by atoms with E-state index in [2.05, 4.69) is 4.72 Å². The summed E-state index contributed by atoms with van der Waals surface area (Å²) in [5.74, 6) is 0.818. The van der Waals surface area contributed by atoms with Crippen LogP contribution in [0.1, 0.15) is 22.7 Å². The number of alkyl halides is 3. The summed E-state index contributed by atoms with van der Waals surface area (Å²) in [7, 11) is 0.552. The molecule has 0 aliphatic carbocycles. The Labute approximate surface area is 178 Å². The van der Waals surface area contributed by atoms with E-state index in [-0.39, 0.29) is 18.7 Å².